The van der Waals surface area contributed by atoms with Crippen molar-refractivity contribution >= 4 is 17.2 Å². The van der Waals surface area contributed by atoms with Gasteiger partial charge < -0.3 is 10.8 Å². The van der Waals surface area contributed by atoms with Gasteiger partial charge in [0.2, 0.25) is 0 Å². The lowest BCUT2D eigenvalue weighted by Gasteiger charge is -2.02. The Hall–Kier alpha value is -2.73. The van der Waals surface area contributed by atoms with Crippen LogP contribution in [-0.4, -0.2) is 22.9 Å². The van der Waals surface area contributed by atoms with Gasteiger partial charge in [-0.25, -0.2) is 0 Å². The standard InChI is InChI=1S/C13H10N2O3.CH4O/c14-11-8-10(6-7-12(11)15(17)18)13(16)9-4-2-1-3-5-9;1-2/h1-8H,14H2;2H,1H3. The highest BCUT2D eigenvalue weighted by Crippen LogP contribution is 2.23. The Kier molecular flexibility index (Phi) is 5.37. The van der Waals surface area contributed by atoms with Gasteiger partial charge in [-0.3, -0.25) is 14.9 Å². The normalized spacial score (nSPS) is 9.30. The smallest absolute Gasteiger partial charge is 0.292 e. The number of nitro groups is 1. The second-order valence-corrected chi connectivity index (χ2v) is 3.73. The molecular formula is C14H14N2O4. The number of benzene rings is 2. The zero-order valence-electron chi connectivity index (χ0n) is 10.8. The van der Waals surface area contributed by atoms with Gasteiger partial charge in [-0.15, -0.1) is 0 Å². The van der Waals surface area contributed by atoms with Crippen molar-refractivity contribution in [1.82, 2.24) is 0 Å². The molecule has 0 aliphatic carbocycles. The molecule has 0 unspecified atom stereocenters. The van der Waals surface area contributed by atoms with Gasteiger partial charge in [-0.1, -0.05) is 30.3 Å². The molecule has 0 heterocycles. The number of nitrogen functional groups attached to an aromatic ring is 1. The summed E-state index contributed by atoms with van der Waals surface area (Å²) in [5, 5.41) is 17.6. The maximum Gasteiger partial charge on any atom is 0.292 e. The summed E-state index contributed by atoms with van der Waals surface area (Å²) in [6, 6.07) is 12.6. The fourth-order valence-corrected chi connectivity index (χ4v) is 1.62. The number of anilines is 1. The van der Waals surface area contributed by atoms with Crippen molar-refractivity contribution in [2.24, 2.45) is 0 Å². The largest absolute Gasteiger partial charge is 0.400 e. The van der Waals surface area contributed by atoms with E-state index in [9.17, 15) is 14.9 Å². The van der Waals surface area contributed by atoms with Crippen LogP contribution in [0.3, 0.4) is 0 Å². The molecular weight excluding hydrogens is 260 g/mol. The fraction of sp³-hybridized carbons (Fsp3) is 0.0714. The average Bonchev–Trinajstić information content (AvgIpc) is 2.49. The quantitative estimate of drug-likeness (QED) is 0.385. The van der Waals surface area contributed by atoms with Gasteiger partial charge in [-0.2, -0.15) is 0 Å². The van der Waals surface area contributed by atoms with E-state index in [0.717, 1.165) is 7.11 Å². The van der Waals surface area contributed by atoms with E-state index in [-0.39, 0.29) is 17.2 Å². The first kappa shape index (κ1) is 15.3. The molecule has 0 aliphatic rings. The SMILES string of the molecule is CO.Nc1cc(C(=O)c2ccccc2)ccc1[N+](=O)[O-]. The number of ketones is 1. The van der Waals surface area contributed by atoms with Gasteiger partial charge in [0.05, 0.1) is 4.92 Å². The summed E-state index contributed by atoms with van der Waals surface area (Å²) >= 11 is 0. The molecule has 0 spiro atoms. The Morgan fingerprint density at radius 2 is 1.70 bits per heavy atom. The van der Waals surface area contributed by atoms with E-state index in [1.807, 2.05) is 0 Å². The number of aliphatic hydroxyl groups is 1. The number of aliphatic hydroxyl groups excluding tert-OH is 1. The molecule has 104 valence electrons. The second kappa shape index (κ2) is 7.01. The van der Waals surface area contributed by atoms with Crippen LogP contribution in [0.2, 0.25) is 0 Å². The topological polar surface area (TPSA) is 106 Å². The van der Waals surface area contributed by atoms with Crippen molar-refractivity contribution in [3.05, 3.63) is 69.8 Å². The molecule has 0 atom stereocenters. The molecule has 6 nitrogen and oxygen atoms in total. The van der Waals surface area contributed by atoms with E-state index in [1.165, 1.54) is 18.2 Å². The lowest BCUT2D eigenvalue weighted by Crippen LogP contribution is -2.03. The molecule has 0 fully saturated rings. The number of nitrogens with two attached hydrogens (primary N) is 1. The monoisotopic (exact) mass is 274 g/mol. The summed E-state index contributed by atoms with van der Waals surface area (Å²) in [6.45, 7) is 0. The first-order valence-corrected chi connectivity index (χ1v) is 5.68. The zero-order chi connectivity index (χ0) is 15.1. The highest BCUT2D eigenvalue weighted by Gasteiger charge is 2.15. The Labute approximate surface area is 115 Å². The van der Waals surface area contributed by atoms with Crippen LogP contribution in [0.4, 0.5) is 11.4 Å². The van der Waals surface area contributed by atoms with E-state index < -0.39 is 4.92 Å². The molecule has 2 rings (SSSR count). The van der Waals surface area contributed by atoms with Crippen LogP contribution in [-0.2, 0) is 0 Å². The van der Waals surface area contributed by atoms with Crippen LogP contribution in [0, 0.1) is 10.1 Å². The van der Waals surface area contributed by atoms with Gasteiger partial charge >= 0.3 is 0 Å². The highest BCUT2D eigenvalue weighted by atomic mass is 16.6. The third-order valence-electron chi connectivity index (χ3n) is 2.52. The van der Waals surface area contributed by atoms with Crippen LogP contribution in [0.1, 0.15) is 15.9 Å². The molecule has 0 saturated carbocycles. The molecule has 3 N–H and O–H groups in total. The minimum absolute atomic E-state index is 0.0122. The minimum atomic E-state index is -0.577. The molecule has 2 aromatic rings. The third-order valence-corrected chi connectivity index (χ3v) is 2.52. The number of carbonyl (C=O) groups is 1. The van der Waals surface area contributed by atoms with Crippen molar-refractivity contribution in [2.45, 2.75) is 0 Å². The van der Waals surface area contributed by atoms with E-state index >= 15 is 0 Å². The van der Waals surface area contributed by atoms with Gasteiger partial charge in [-0.05, 0) is 12.1 Å². The highest BCUT2D eigenvalue weighted by molar-refractivity contribution is 6.09. The number of carbonyl (C=O) groups excluding carboxylic acids is 1. The van der Waals surface area contributed by atoms with Gasteiger partial charge in [0, 0.05) is 24.3 Å². The number of nitrogens with zero attached hydrogens (tertiary/aromatic N) is 1. The lowest BCUT2D eigenvalue weighted by atomic mass is 10.0. The summed E-state index contributed by atoms with van der Waals surface area (Å²) < 4.78 is 0. The van der Waals surface area contributed by atoms with Crippen molar-refractivity contribution in [3.63, 3.8) is 0 Å². The first-order chi connectivity index (χ1) is 9.59. The van der Waals surface area contributed by atoms with Crippen molar-refractivity contribution in [2.75, 3.05) is 12.8 Å². The zero-order valence-corrected chi connectivity index (χ0v) is 10.8. The summed E-state index contributed by atoms with van der Waals surface area (Å²) in [5.74, 6) is -0.211. The molecule has 0 amide bonds. The van der Waals surface area contributed by atoms with E-state index in [4.69, 9.17) is 10.8 Å². The molecule has 20 heavy (non-hydrogen) atoms. The molecule has 0 aromatic heterocycles. The predicted molar refractivity (Wildman–Crippen MR) is 75.5 cm³/mol. The summed E-state index contributed by atoms with van der Waals surface area (Å²) in [7, 11) is 1.00. The molecule has 0 saturated heterocycles. The van der Waals surface area contributed by atoms with E-state index in [2.05, 4.69) is 0 Å². The molecule has 6 heteroatoms. The minimum Gasteiger partial charge on any atom is -0.400 e. The van der Waals surface area contributed by atoms with Gasteiger partial charge in [0.1, 0.15) is 5.69 Å². The number of rotatable bonds is 3. The van der Waals surface area contributed by atoms with Crippen molar-refractivity contribution < 1.29 is 14.8 Å². The number of hydrogen-bond acceptors (Lipinski definition) is 5. The summed E-state index contributed by atoms with van der Waals surface area (Å²) in [6.07, 6.45) is 0. The molecule has 0 aliphatic heterocycles. The number of nitro benzene ring substituents is 1. The predicted octanol–water partition coefficient (Wildman–Crippen LogP) is 2.02. The maximum absolute atomic E-state index is 12.1. The van der Waals surface area contributed by atoms with Crippen molar-refractivity contribution in [3.8, 4) is 0 Å². The average molecular weight is 274 g/mol. The van der Waals surface area contributed by atoms with Crippen LogP contribution in [0.25, 0.3) is 0 Å². The summed E-state index contributed by atoms with van der Waals surface area (Å²) in [5.41, 5.74) is 6.19. The number of hydrogen-bond donors (Lipinski definition) is 2. The summed E-state index contributed by atoms with van der Waals surface area (Å²) in [4.78, 5) is 22.1. The molecule has 2 aromatic carbocycles. The van der Waals surface area contributed by atoms with E-state index in [0.29, 0.717) is 11.1 Å². The Morgan fingerprint density at radius 3 is 2.20 bits per heavy atom. The van der Waals surface area contributed by atoms with Crippen LogP contribution < -0.4 is 5.73 Å². The van der Waals surface area contributed by atoms with E-state index in [1.54, 1.807) is 30.3 Å². The Bertz CT molecular complexity index is 612. The van der Waals surface area contributed by atoms with Gasteiger partial charge in [0.25, 0.3) is 5.69 Å². The van der Waals surface area contributed by atoms with Crippen LogP contribution in [0.5, 0.6) is 0 Å². The van der Waals surface area contributed by atoms with Gasteiger partial charge in [0.15, 0.2) is 5.78 Å². The molecule has 0 bridgehead atoms. The van der Waals surface area contributed by atoms with Crippen LogP contribution >= 0.6 is 0 Å². The van der Waals surface area contributed by atoms with Crippen LogP contribution in [0.15, 0.2) is 48.5 Å². The molecule has 0 radical (unpaired) electrons. The Morgan fingerprint density at radius 1 is 1.10 bits per heavy atom. The lowest BCUT2D eigenvalue weighted by molar-refractivity contribution is -0.383. The fourth-order valence-electron chi connectivity index (χ4n) is 1.62. The third kappa shape index (κ3) is 3.39. The first-order valence-electron chi connectivity index (χ1n) is 5.68. The van der Waals surface area contributed by atoms with Crippen molar-refractivity contribution in [1.29, 1.82) is 0 Å². The second-order valence-electron chi connectivity index (χ2n) is 3.73. The maximum atomic E-state index is 12.1. The Balaban J connectivity index is 0.000000956.